The molecule has 0 aliphatic carbocycles. The molecule has 2 aromatic carbocycles. The molecule has 218 valence electrons. The smallest absolute Gasteiger partial charge is 0.316 e. The van der Waals surface area contributed by atoms with Gasteiger partial charge in [-0.2, -0.15) is 0 Å². The Bertz CT molecular complexity index is 1250. The molecule has 2 aromatic rings. The molecule has 0 radical (unpaired) electrons. The zero-order chi connectivity index (χ0) is 30.6. The van der Waals surface area contributed by atoms with Crippen LogP contribution in [0.3, 0.4) is 0 Å². The Labute approximate surface area is 240 Å². The fourth-order valence-electron chi connectivity index (χ4n) is 3.73. The second kappa shape index (κ2) is 12.8. The molecule has 0 aromatic heterocycles. The zero-order valence-electron chi connectivity index (χ0n) is 26.2. The molecule has 40 heavy (non-hydrogen) atoms. The summed E-state index contributed by atoms with van der Waals surface area (Å²) in [5.74, 6) is 0.691. The van der Waals surface area contributed by atoms with E-state index in [1.165, 1.54) is 6.08 Å². The molecule has 0 spiro atoms. The van der Waals surface area contributed by atoms with Crippen molar-refractivity contribution in [1.29, 1.82) is 0 Å². The van der Waals surface area contributed by atoms with Crippen LogP contribution in [0.25, 0.3) is 6.08 Å². The van der Waals surface area contributed by atoms with Gasteiger partial charge in [0.1, 0.15) is 17.2 Å². The van der Waals surface area contributed by atoms with Crippen molar-refractivity contribution in [2.75, 3.05) is 0 Å². The van der Waals surface area contributed by atoms with E-state index in [1.807, 2.05) is 68.4 Å². The molecule has 0 heterocycles. The molecule has 0 N–H and O–H groups in total. The molecular formula is C34H46O6. The number of hydrogen-bond acceptors (Lipinski definition) is 6. The molecule has 0 fully saturated rings. The van der Waals surface area contributed by atoms with E-state index in [2.05, 4.69) is 0 Å². The third-order valence-electron chi connectivity index (χ3n) is 6.06. The molecule has 6 heteroatoms. The minimum atomic E-state index is -0.673. The first-order chi connectivity index (χ1) is 18.3. The van der Waals surface area contributed by atoms with Crippen LogP contribution in [0.1, 0.15) is 122 Å². The van der Waals surface area contributed by atoms with Gasteiger partial charge in [-0.25, -0.2) is 0 Å². The van der Waals surface area contributed by atoms with Gasteiger partial charge in [-0.1, -0.05) is 27.7 Å². The summed E-state index contributed by atoms with van der Waals surface area (Å²) >= 11 is 0. The lowest BCUT2D eigenvalue weighted by molar-refractivity contribution is -0.143. The summed E-state index contributed by atoms with van der Waals surface area (Å²) in [7, 11) is 0. The van der Waals surface area contributed by atoms with Crippen molar-refractivity contribution < 1.29 is 28.6 Å². The lowest BCUT2D eigenvalue weighted by Gasteiger charge is -2.27. The number of carbonyl (C=O) groups excluding carboxylic acids is 3. The first-order valence-electron chi connectivity index (χ1n) is 14.0. The lowest BCUT2D eigenvalue weighted by Crippen LogP contribution is -2.27. The second-order valence-electron chi connectivity index (χ2n) is 13.1. The number of allylic oxidation sites excluding steroid dienone is 1. The van der Waals surface area contributed by atoms with Gasteiger partial charge in [-0.3, -0.25) is 14.4 Å². The highest BCUT2D eigenvalue weighted by atomic mass is 16.5. The molecule has 0 bridgehead atoms. The minimum absolute atomic E-state index is 0.0126. The Kier molecular flexibility index (Phi) is 10.5. The molecule has 0 saturated carbocycles. The maximum Gasteiger partial charge on any atom is 0.316 e. The molecule has 0 aliphatic heterocycles. The maximum absolute atomic E-state index is 13.1. The average Bonchev–Trinajstić information content (AvgIpc) is 2.81. The van der Waals surface area contributed by atoms with Crippen LogP contribution in [0.15, 0.2) is 36.4 Å². The standard InChI is InChI=1S/C34H46O6/c1-20(2)26-19-24(15-18-27(35)23-13-16-25(17-14-23)39-31(36)33(7,8)9)29(38-22(5)6)28(21(3)4)30(26)40-32(37)34(10,11)12/h13-22H,1-12H3. The van der Waals surface area contributed by atoms with Gasteiger partial charge >= 0.3 is 11.9 Å². The average molecular weight is 551 g/mol. The minimum Gasteiger partial charge on any atom is -0.490 e. The highest BCUT2D eigenvalue weighted by Gasteiger charge is 2.30. The Morgan fingerprint density at radius 3 is 1.70 bits per heavy atom. The van der Waals surface area contributed by atoms with Gasteiger partial charge in [-0.05, 0) is 115 Å². The maximum atomic E-state index is 13.1. The molecule has 2 rings (SSSR count). The van der Waals surface area contributed by atoms with Crippen molar-refractivity contribution in [1.82, 2.24) is 0 Å². The third-order valence-corrected chi connectivity index (χ3v) is 6.06. The fourth-order valence-corrected chi connectivity index (χ4v) is 3.73. The molecule has 0 amide bonds. The quantitative estimate of drug-likeness (QED) is 0.135. The van der Waals surface area contributed by atoms with Gasteiger partial charge in [0.25, 0.3) is 0 Å². The molecule has 0 saturated heterocycles. The van der Waals surface area contributed by atoms with Crippen LogP contribution in [0.4, 0.5) is 0 Å². The van der Waals surface area contributed by atoms with E-state index in [0.717, 1.165) is 16.7 Å². The van der Waals surface area contributed by atoms with E-state index in [4.69, 9.17) is 14.2 Å². The van der Waals surface area contributed by atoms with Crippen molar-refractivity contribution in [3.63, 3.8) is 0 Å². The Hall–Kier alpha value is -3.41. The van der Waals surface area contributed by atoms with Crippen molar-refractivity contribution in [2.45, 2.75) is 101 Å². The number of esters is 2. The van der Waals surface area contributed by atoms with E-state index in [1.54, 1.807) is 51.1 Å². The predicted octanol–water partition coefficient (Wildman–Crippen LogP) is 8.52. The van der Waals surface area contributed by atoms with Crippen molar-refractivity contribution in [3.05, 3.63) is 58.7 Å². The summed E-state index contributed by atoms with van der Waals surface area (Å²) in [6.07, 6.45) is 3.12. The molecular weight excluding hydrogens is 504 g/mol. The van der Waals surface area contributed by atoms with Gasteiger partial charge < -0.3 is 14.2 Å². The summed E-state index contributed by atoms with van der Waals surface area (Å²) in [6.45, 7) is 22.9. The summed E-state index contributed by atoms with van der Waals surface area (Å²) in [5, 5.41) is 0. The van der Waals surface area contributed by atoms with Crippen LogP contribution in [-0.2, 0) is 9.59 Å². The SMILES string of the molecule is CC(C)Oc1c(C=CC(=O)c2ccc(OC(=O)C(C)(C)C)cc2)cc(C(C)C)c(OC(=O)C(C)(C)C)c1C(C)C. The summed E-state index contributed by atoms with van der Waals surface area (Å²) < 4.78 is 17.8. The summed E-state index contributed by atoms with van der Waals surface area (Å²) in [6, 6.07) is 8.45. The normalized spacial score (nSPS) is 12.4. The Morgan fingerprint density at radius 1 is 0.725 bits per heavy atom. The number of ketones is 1. The van der Waals surface area contributed by atoms with E-state index < -0.39 is 10.8 Å². The second-order valence-corrected chi connectivity index (χ2v) is 13.1. The van der Waals surface area contributed by atoms with Gasteiger partial charge in [0, 0.05) is 16.7 Å². The van der Waals surface area contributed by atoms with Crippen molar-refractivity contribution in [3.8, 4) is 17.2 Å². The summed E-state index contributed by atoms with van der Waals surface area (Å²) in [4.78, 5) is 38.2. The topological polar surface area (TPSA) is 78.9 Å². The third kappa shape index (κ3) is 8.54. The highest BCUT2D eigenvalue weighted by molar-refractivity contribution is 6.07. The first-order valence-corrected chi connectivity index (χ1v) is 14.0. The monoisotopic (exact) mass is 550 g/mol. The van der Waals surface area contributed by atoms with Crippen LogP contribution in [0.2, 0.25) is 0 Å². The number of carbonyl (C=O) groups is 3. The Morgan fingerprint density at radius 2 is 1.25 bits per heavy atom. The molecule has 0 atom stereocenters. The fraction of sp³-hybridized carbons (Fsp3) is 0.500. The van der Waals surface area contributed by atoms with Crippen LogP contribution >= 0.6 is 0 Å². The zero-order valence-corrected chi connectivity index (χ0v) is 26.2. The van der Waals surface area contributed by atoms with Crippen LogP contribution in [0.5, 0.6) is 17.2 Å². The van der Waals surface area contributed by atoms with Crippen molar-refractivity contribution >= 4 is 23.8 Å². The van der Waals surface area contributed by atoms with E-state index in [9.17, 15) is 14.4 Å². The Balaban J connectivity index is 2.55. The number of rotatable bonds is 9. The van der Waals surface area contributed by atoms with E-state index >= 15 is 0 Å². The van der Waals surface area contributed by atoms with Gasteiger partial charge in [-0.15, -0.1) is 0 Å². The van der Waals surface area contributed by atoms with Crippen LogP contribution in [-0.4, -0.2) is 23.8 Å². The van der Waals surface area contributed by atoms with Gasteiger partial charge in [0.2, 0.25) is 0 Å². The highest BCUT2D eigenvalue weighted by Crippen LogP contribution is 2.45. The number of hydrogen-bond donors (Lipinski definition) is 0. The van der Waals surface area contributed by atoms with Crippen LogP contribution < -0.4 is 14.2 Å². The molecule has 0 unspecified atom stereocenters. The van der Waals surface area contributed by atoms with Gasteiger partial charge in [0.15, 0.2) is 5.78 Å². The summed E-state index contributed by atoms with van der Waals surface area (Å²) in [5.41, 5.74) is 1.57. The van der Waals surface area contributed by atoms with Crippen LogP contribution in [0, 0.1) is 10.8 Å². The largest absolute Gasteiger partial charge is 0.490 e. The lowest BCUT2D eigenvalue weighted by atomic mass is 9.89. The van der Waals surface area contributed by atoms with Crippen molar-refractivity contribution in [2.24, 2.45) is 10.8 Å². The predicted molar refractivity (Wildman–Crippen MR) is 160 cm³/mol. The number of ether oxygens (including phenoxy) is 3. The molecule has 6 nitrogen and oxygen atoms in total. The van der Waals surface area contributed by atoms with E-state index in [-0.39, 0.29) is 35.7 Å². The molecule has 0 aliphatic rings. The van der Waals surface area contributed by atoms with Gasteiger partial charge in [0.05, 0.1) is 16.9 Å². The van der Waals surface area contributed by atoms with E-state index in [0.29, 0.717) is 22.8 Å². The first kappa shape index (κ1) is 32.8. The number of benzene rings is 2.